The summed E-state index contributed by atoms with van der Waals surface area (Å²) in [6, 6.07) is 0. The smallest absolute Gasteiger partial charge is 0.259 e. The summed E-state index contributed by atoms with van der Waals surface area (Å²) in [5.74, 6) is 4.31. The van der Waals surface area contributed by atoms with Gasteiger partial charge in [0.2, 0.25) is 0 Å². The summed E-state index contributed by atoms with van der Waals surface area (Å²) in [5, 5.41) is 8.16. The van der Waals surface area contributed by atoms with Gasteiger partial charge in [-0.3, -0.25) is 10.2 Å². The van der Waals surface area contributed by atoms with Crippen LogP contribution >= 0.6 is 0 Å². The van der Waals surface area contributed by atoms with Crippen LogP contribution in [0.5, 0.6) is 0 Å². The lowest BCUT2D eigenvalue weighted by Crippen LogP contribution is -2.33. The topological polar surface area (TPSA) is 84.6 Å². The molecule has 5 heteroatoms. The zero-order chi connectivity index (χ0) is 7.11. The Bertz CT molecular complexity index is 85.9. The van der Waals surface area contributed by atoms with E-state index >= 15 is 0 Å². The summed E-state index contributed by atoms with van der Waals surface area (Å²) < 4.78 is 4.59. The van der Waals surface area contributed by atoms with E-state index in [0.29, 0.717) is 0 Å². The molecule has 5 nitrogen and oxygen atoms in total. The number of amides is 1. The van der Waals surface area contributed by atoms with E-state index in [1.165, 1.54) is 0 Å². The van der Waals surface area contributed by atoms with Gasteiger partial charge in [0, 0.05) is 0 Å². The van der Waals surface area contributed by atoms with Gasteiger partial charge in [-0.15, -0.1) is 0 Å². The average molecular weight is 134 g/mol. The fraction of sp³-hybridized carbons (Fsp3) is 0.750. The number of hydrogen-bond donors (Lipinski definition) is 3. The zero-order valence-electron chi connectivity index (χ0n) is 4.96. The number of hydrogen-bond acceptors (Lipinski definition) is 4. The minimum atomic E-state index is -0.400. The van der Waals surface area contributed by atoms with Gasteiger partial charge >= 0.3 is 0 Å². The molecule has 0 aromatic rings. The Balaban J connectivity index is 2.97. The van der Waals surface area contributed by atoms with Crippen LogP contribution in [0.15, 0.2) is 0 Å². The molecule has 9 heavy (non-hydrogen) atoms. The number of ether oxygens (including phenoxy) is 1. The molecular formula is C4H10N2O3. The van der Waals surface area contributed by atoms with Gasteiger partial charge in [0.15, 0.2) is 0 Å². The molecular weight excluding hydrogens is 124 g/mol. The van der Waals surface area contributed by atoms with Crippen molar-refractivity contribution in [2.45, 2.75) is 0 Å². The summed E-state index contributed by atoms with van der Waals surface area (Å²) in [7, 11) is 0. The molecule has 0 saturated carbocycles. The van der Waals surface area contributed by atoms with Crippen LogP contribution in [0.1, 0.15) is 0 Å². The molecule has 0 aliphatic rings. The molecule has 0 radical (unpaired) electrons. The summed E-state index contributed by atoms with van der Waals surface area (Å²) in [6.45, 7) is -0.0255. The van der Waals surface area contributed by atoms with Crippen molar-refractivity contribution in [3.8, 4) is 0 Å². The highest BCUT2D eigenvalue weighted by Gasteiger charge is 1.94. The zero-order valence-corrected chi connectivity index (χ0v) is 4.96. The third-order valence-electron chi connectivity index (χ3n) is 0.630. The van der Waals surface area contributed by atoms with E-state index in [9.17, 15) is 4.79 Å². The minimum absolute atomic E-state index is 0.0855. The molecule has 1 amide bonds. The number of nitrogens with one attached hydrogen (secondary N) is 1. The fourth-order valence-electron chi connectivity index (χ4n) is 0.271. The number of nitrogens with two attached hydrogens (primary N) is 1. The third-order valence-corrected chi connectivity index (χ3v) is 0.630. The van der Waals surface area contributed by atoms with E-state index in [2.05, 4.69) is 4.74 Å². The van der Waals surface area contributed by atoms with Crippen LogP contribution in [0, 0.1) is 0 Å². The van der Waals surface area contributed by atoms with Crippen LogP contribution in [0.2, 0.25) is 0 Å². The summed E-state index contributed by atoms with van der Waals surface area (Å²) in [4.78, 5) is 10.2. The predicted molar refractivity (Wildman–Crippen MR) is 30.2 cm³/mol. The van der Waals surface area contributed by atoms with Gasteiger partial charge in [-0.2, -0.15) is 0 Å². The number of carbonyl (C=O) groups excluding carboxylic acids is 1. The van der Waals surface area contributed by atoms with Crippen LogP contribution in [0.25, 0.3) is 0 Å². The monoisotopic (exact) mass is 134 g/mol. The summed E-state index contributed by atoms with van der Waals surface area (Å²) >= 11 is 0. The van der Waals surface area contributed by atoms with Gasteiger partial charge in [-0.05, 0) is 0 Å². The molecule has 0 spiro atoms. The standard InChI is InChI=1S/C4H10N2O3/c5-6-4(8)3-9-2-1-7/h7H,1-3,5H2,(H,6,8). The van der Waals surface area contributed by atoms with Gasteiger partial charge in [0.05, 0.1) is 13.2 Å². The first kappa shape index (κ1) is 8.35. The van der Waals surface area contributed by atoms with Crippen molar-refractivity contribution in [2.24, 2.45) is 5.84 Å². The Morgan fingerprint density at radius 2 is 2.44 bits per heavy atom. The number of rotatable bonds is 4. The van der Waals surface area contributed by atoms with Crippen molar-refractivity contribution in [1.29, 1.82) is 0 Å². The highest BCUT2D eigenvalue weighted by atomic mass is 16.5. The van der Waals surface area contributed by atoms with Crippen molar-refractivity contribution in [3.63, 3.8) is 0 Å². The lowest BCUT2D eigenvalue weighted by atomic mass is 10.7. The van der Waals surface area contributed by atoms with Crippen LogP contribution in [0.4, 0.5) is 0 Å². The second-order valence-corrected chi connectivity index (χ2v) is 1.34. The first-order valence-electron chi connectivity index (χ1n) is 2.49. The second kappa shape index (κ2) is 5.49. The highest BCUT2D eigenvalue weighted by molar-refractivity contribution is 5.76. The molecule has 0 atom stereocenters. The van der Waals surface area contributed by atoms with E-state index in [0.717, 1.165) is 0 Å². The second-order valence-electron chi connectivity index (χ2n) is 1.34. The maximum atomic E-state index is 10.2. The van der Waals surface area contributed by atoms with Gasteiger partial charge in [-0.25, -0.2) is 5.84 Å². The molecule has 0 aliphatic carbocycles. The predicted octanol–water partition coefficient (Wildman–Crippen LogP) is -2.01. The van der Waals surface area contributed by atoms with Crippen molar-refractivity contribution >= 4 is 5.91 Å². The Morgan fingerprint density at radius 3 is 2.89 bits per heavy atom. The van der Waals surface area contributed by atoms with E-state index in [-0.39, 0.29) is 19.8 Å². The molecule has 0 aromatic carbocycles. The van der Waals surface area contributed by atoms with Crippen LogP contribution in [-0.4, -0.2) is 30.8 Å². The maximum absolute atomic E-state index is 10.2. The lowest BCUT2D eigenvalue weighted by molar-refractivity contribution is -0.126. The molecule has 0 aliphatic heterocycles. The van der Waals surface area contributed by atoms with Crippen molar-refractivity contribution in [2.75, 3.05) is 19.8 Å². The summed E-state index contributed by atoms with van der Waals surface area (Å²) in [6.07, 6.45) is 0. The largest absolute Gasteiger partial charge is 0.394 e. The number of aliphatic hydroxyl groups is 1. The van der Waals surface area contributed by atoms with Gasteiger partial charge < -0.3 is 9.84 Å². The van der Waals surface area contributed by atoms with Crippen LogP contribution < -0.4 is 11.3 Å². The van der Waals surface area contributed by atoms with Crippen molar-refractivity contribution in [3.05, 3.63) is 0 Å². The highest BCUT2D eigenvalue weighted by Crippen LogP contribution is 1.70. The maximum Gasteiger partial charge on any atom is 0.259 e. The molecule has 0 saturated heterocycles. The lowest BCUT2D eigenvalue weighted by Gasteiger charge is -1.98. The Morgan fingerprint density at radius 1 is 1.78 bits per heavy atom. The SMILES string of the molecule is NNC(=O)COCCO. The summed E-state index contributed by atoms with van der Waals surface area (Å²) in [5.41, 5.74) is 1.88. The fourth-order valence-corrected chi connectivity index (χ4v) is 0.271. The Kier molecular flexibility index (Phi) is 5.09. The number of carbonyl (C=O) groups is 1. The van der Waals surface area contributed by atoms with E-state index in [4.69, 9.17) is 10.9 Å². The van der Waals surface area contributed by atoms with Gasteiger partial charge in [0.25, 0.3) is 5.91 Å². The first-order chi connectivity index (χ1) is 4.31. The molecule has 0 bridgehead atoms. The molecule has 0 heterocycles. The number of hydrazine groups is 1. The molecule has 54 valence electrons. The van der Waals surface area contributed by atoms with Crippen molar-refractivity contribution in [1.82, 2.24) is 5.43 Å². The number of aliphatic hydroxyl groups excluding tert-OH is 1. The average Bonchev–Trinajstić information content (AvgIpc) is 1.89. The molecule has 0 fully saturated rings. The van der Waals surface area contributed by atoms with Crippen molar-refractivity contribution < 1.29 is 14.6 Å². The third kappa shape index (κ3) is 5.22. The molecule has 0 unspecified atom stereocenters. The van der Waals surface area contributed by atoms with E-state index in [1.54, 1.807) is 0 Å². The van der Waals surface area contributed by atoms with Gasteiger partial charge in [0.1, 0.15) is 6.61 Å². The quantitative estimate of drug-likeness (QED) is 0.179. The van der Waals surface area contributed by atoms with E-state index < -0.39 is 5.91 Å². The van der Waals surface area contributed by atoms with Gasteiger partial charge in [-0.1, -0.05) is 0 Å². The Hall–Kier alpha value is -0.650. The van der Waals surface area contributed by atoms with E-state index in [1.807, 2.05) is 5.43 Å². The first-order valence-corrected chi connectivity index (χ1v) is 2.49. The van der Waals surface area contributed by atoms with Crippen LogP contribution in [-0.2, 0) is 9.53 Å². The molecule has 0 aromatic heterocycles. The Labute approximate surface area is 52.8 Å². The molecule has 4 N–H and O–H groups in total. The normalized spacial score (nSPS) is 9.11. The van der Waals surface area contributed by atoms with Crippen LogP contribution in [0.3, 0.4) is 0 Å². The molecule has 0 rings (SSSR count). The minimum Gasteiger partial charge on any atom is -0.394 e.